The van der Waals surface area contributed by atoms with Crippen LogP contribution in [0, 0.1) is 0 Å². The highest BCUT2D eigenvalue weighted by atomic mass is 16.5. The van der Waals surface area contributed by atoms with Crippen LogP contribution in [0.3, 0.4) is 0 Å². The molecule has 2 N–H and O–H groups in total. The molecule has 0 fully saturated rings. The van der Waals surface area contributed by atoms with Crippen molar-refractivity contribution in [2.45, 2.75) is 19.1 Å². The van der Waals surface area contributed by atoms with Crippen molar-refractivity contribution in [3.8, 4) is 11.1 Å². The SMILES string of the molecule is COC(=O)[C@@H](NC(=O)c1ccc(-c2ccccc2)cc1)[C@@H](C)O. The van der Waals surface area contributed by atoms with E-state index in [0.29, 0.717) is 5.56 Å². The highest BCUT2D eigenvalue weighted by Crippen LogP contribution is 2.19. The molecule has 0 aliphatic rings. The molecule has 2 rings (SSSR count). The minimum Gasteiger partial charge on any atom is -0.467 e. The molecular formula is C18H19NO4. The number of benzene rings is 2. The van der Waals surface area contributed by atoms with Crippen LogP contribution in [0.1, 0.15) is 17.3 Å². The van der Waals surface area contributed by atoms with Crippen molar-refractivity contribution in [1.29, 1.82) is 0 Å². The molecule has 5 nitrogen and oxygen atoms in total. The lowest BCUT2D eigenvalue weighted by atomic mass is 10.0. The Kier molecular flexibility index (Phi) is 5.49. The zero-order chi connectivity index (χ0) is 16.8. The second kappa shape index (κ2) is 7.56. The van der Waals surface area contributed by atoms with Crippen molar-refractivity contribution in [2.75, 3.05) is 7.11 Å². The second-order valence-corrected chi connectivity index (χ2v) is 5.16. The lowest BCUT2D eigenvalue weighted by Crippen LogP contribution is -2.48. The number of methoxy groups -OCH3 is 1. The Hall–Kier alpha value is -2.66. The average Bonchev–Trinajstić information content (AvgIpc) is 2.59. The summed E-state index contributed by atoms with van der Waals surface area (Å²) in [6.07, 6.45) is -1.05. The quantitative estimate of drug-likeness (QED) is 0.828. The van der Waals surface area contributed by atoms with E-state index in [4.69, 9.17) is 0 Å². The molecule has 2 aromatic carbocycles. The first-order valence-corrected chi connectivity index (χ1v) is 7.25. The molecule has 5 heteroatoms. The molecule has 2 aromatic rings. The maximum atomic E-state index is 12.2. The first kappa shape index (κ1) is 16.7. The normalized spacial score (nSPS) is 13.0. The highest BCUT2D eigenvalue weighted by Gasteiger charge is 2.26. The van der Waals surface area contributed by atoms with E-state index in [0.717, 1.165) is 11.1 Å². The molecule has 120 valence electrons. The first-order valence-electron chi connectivity index (χ1n) is 7.25. The number of ether oxygens (including phenoxy) is 1. The van der Waals surface area contributed by atoms with Gasteiger partial charge in [-0.05, 0) is 30.2 Å². The standard InChI is InChI=1S/C18H19NO4/c1-12(20)16(18(22)23-2)19-17(21)15-10-8-14(9-11-15)13-6-4-3-5-7-13/h3-12,16,20H,1-2H3,(H,19,21)/t12-,16+/m1/s1. The van der Waals surface area contributed by atoms with Gasteiger partial charge in [0.2, 0.25) is 0 Å². The lowest BCUT2D eigenvalue weighted by molar-refractivity contribution is -0.145. The number of rotatable bonds is 5. The summed E-state index contributed by atoms with van der Waals surface area (Å²) in [5.41, 5.74) is 2.44. The Labute approximate surface area is 134 Å². The van der Waals surface area contributed by atoms with Gasteiger partial charge < -0.3 is 15.2 Å². The molecule has 0 unspecified atom stereocenters. The Bertz CT molecular complexity index is 665. The molecule has 0 aromatic heterocycles. The number of hydrogen-bond donors (Lipinski definition) is 2. The van der Waals surface area contributed by atoms with Crippen LogP contribution >= 0.6 is 0 Å². The predicted octanol–water partition coefficient (Wildman–Crippen LogP) is 2.01. The second-order valence-electron chi connectivity index (χ2n) is 5.16. The number of carbonyl (C=O) groups is 2. The maximum absolute atomic E-state index is 12.2. The minimum absolute atomic E-state index is 0.402. The number of aliphatic hydroxyl groups is 1. The van der Waals surface area contributed by atoms with E-state index in [9.17, 15) is 14.7 Å². The van der Waals surface area contributed by atoms with Gasteiger partial charge in [0.05, 0.1) is 13.2 Å². The molecule has 0 saturated heterocycles. The summed E-state index contributed by atoms with van der Waals surface area (Å²) in [4.78, 5) is 23.8. The zero-order valence-electron chi connectivity index (χ0n) is 13.0. The molecule has 0 aliphatic heterocycles. The van der Waals surface area contributed by atoms with Crippen LogP contribution in [0.15, 0.2) is 54.6 Å². The number of nitrogens with one attached hydrogen (secondary N) is 1. The first-order chi connectivity index (χ1) is 11.0. The van der Waals surface area contributed by atoms with Gasteiger partial charge in [-0.3, -0.25) is 4.79 Å². The van der Waals surface area contributed by atoms with Crippen molar-refractivity contribution in [1.82, 2.24) is 5.32 Å². The van der Waals surface area contributed by atoms with Gasteiger partial charge in [0.15, 0.2) is 6.04 Å². The molecule has 0 radical (unpaired) electrons. The highest BCUT2D eigenvalue weighted by molar-refractivity contribution is 5.97. The summed E-state index contributed by atoms with van der Waals surface area (Å²) in [5.74, 6) is -1.13. The minimum atomic E-state index is -1.10. The average molecular weight is 313 g/mol. The molecule has 23 heavy (non-hydrogen) atoms. The Morgan fingerprint density at radius 3 is 2.09 bits per heavy atom. The van der Waals surface area contributed by atoms with Gasteiger partial charge in [-0.2, -0.15) is 0 Å². The smallest absolute Gasteiger partial charge is 0.331 e. The summed E-state index contributed by atoms with van der Waals surface area (Å²) in [7, 11) is 1.21. The fraction of sp³-hybridized carbons (Fsp3) is 0.222. The zero-order valence-corrected chi connectivity index (χ0v) is 13.0. The molecule has 2 atom stereocenters. The number of esters is 1. The summed E-state index contributed by atoms with van der Waals surface area (Å²) < 4.78 is 4.57. The Morgan fingerprint density at radius 2 is 1.57 bits per heavy atom. The van der Waals surface area contributed by atoms with Crippen LogP contribution in [-0.4, -0.2) is 36.2 Å². The largest absolute Gasteiger partial charge is 0.467 e. The molecule has 0 spiro atoms. The van der Waals surface area contributed by atoms with Crippen LogP contribution in [0.5, 0.6) is 0 Å². The number of aliphatic hydroxyl groups excluding tert-OH is 1. The van der Waals surface area contributed by atoms with E-state index in [1.54, 1.807) is 12.1 Å². The van der Waals surface area contributed by atoms with E-state index in [1.807, 2.05) is 42.5 Å². The van der Waals surface area contributed by atoms with Gasteiger partial charge in [-0.25, -0.2) is 4.79 Å². The van der Waals surface area contributed by atoms with Crippen LogP contribution in [0.25, 0.3) is 11.1 Å². The Morgan fingerprint density at radius 1 is 1.00 bits per heavy atom. The Balaban J connectivity index is 2.12. The van der Waals surface area contributed by atoms with Crippen LogP contribution in [0.4, 0.5) is 0 Å². The van der Waals surface area contributed by atoms with Crippen molar-refractivity contribution < 1.29 is 19.4 Å². The lowest BCUT2D eigenvalue weighted by Gasteiger charge is -2.19. The van der Waals surface area contributed by atoms with Crippen LogP contribution in [-0.2, 0) is 9.53 Å². The van der Waals surface area contributed by atoms with Gasteiger partial charge in [-0.1, -0.05) is 42.5 Å². The third-order valence-electron chi connectivity index (χ3n) is 3.48. The van der Waals surface area contributed by atoms with Crippen molar-refractivity contribution in [3.05, 3.63) is 60.2 Å². The van der Waals surface area contributed by atoms with Gasteiger partial charge >= 0.3 is 5.97 Å². The van der Waals surface area contributed by atoms with Crippen LogP contribution in [0.2, 0.25) is 0 Å². The summed E-state index contributed by atoms with van der Waals surface area (Å²) in [6.45, 7) is 1.42. The predicted molar refractivity (Wildman–Crippen MR) is 86.8 cm³/mol. The van der Waals surface area contributed by atoms with Crippen LogP contribution < -0.4 is 5.32 Å². The summed E-state index contributed by atoms with van der Waals surface area (Å²) >= 11 is 0. The maximum Gasteiger partial charge on any atom is 0.331 e. The summed E-state index contributed by atoms with van der Waals surface area (Å²) in [6, 6.07) is 15.7. The molecular weight excluding hydrogens is 294 g/mol. The van der Waals surface area contributed by atoms with E-state index < -0.39 is 24.0 Å². The van der Waals surface area contributed by atoms with Gasteiger partial charge in [0.1, 0.15) is 0 Å². The summed E-state index contributed by atoms with van der Waals surface area (Å²) in [5, 5.41) is 12.1. The van der Waals surface area contributed by atoms with E-state index >= 15 is 0 Å². The van der Waals surface area contributed by atoms with Gasteiger partial charge in [0.25, 0.3) is 5.91 Å². The third kappa shape index (κ3) is 4.17. The molecule has 0 bridgehead atoms. The van der Waals surface area contributed by atoms with E-state index in [1.165, 1.54) is 14.0 Å². The number of carbonyl (C=O) groups excluding carboxylic acids is 2. The van der Waals surface area contributed by atoms with Gasteiger partial charge in [0, 0.05) is 5.56 Å². The molecule has 0 heterocycles. The van der Waals surface area contributed by atoms with E-state index in [-0.39, 0.29) is 0 Å². The number of hydrogen-bond acceptors (Lipinski definition) is 4. The van der Waals surface area contributed by atoms with Crippen molar-refractivity contribution in [3.63, 3.8) is 0 Å². The molecule has 0 saturated carbocycles. The third-order valence-corrected chi connectivity index (χ3v) is 3.48. The fourth-order valence-electron chi connectivity index (χ4n) is 2.17. The van der Waals surface area contributed by atoms with Gasteiger partial charge in [-0.15, -0.1) is 0 Å². The molecule has 0 aliphatic carbocycles. The fourth-order valence-corrected chi connectivity index (χ4v) is 2.17. The topological polar surface area (TPSA) is 75.6 Å². The van der Waals surface area contributed by atoms with E-state index in [2.05, 4.69) is 10.1 Å². The molecule has 1 amide bonds. The monoisotopic (exact) mass is 313 g/mol. The number of amides is 1. The van der Waals surface area contributed by atoms with Crippen molar-refractivity contribution in [2.24, 2.45) is 0 Å². The van der Waals surface area contributed by atoms with Crippen molar-refractivity contribution >= 4 is 11.9 Å².